The van der Waals surface area contributed by atoms with Gasteiger partial charge in [-0.1, -0.05) is 12.1 Å². The number of rotatable bonds is 6. The summed E-state index contributed by atoms with van der Waals surface area (Å²) in [6.45, 7) is 3.81. The van der Waals surface area contributed by atoms with Gasteiger partial charge in [-0.05, 0) is 67.4 Å². The summed E-state index contributed by atoms with van der Waals surface area (Å²) in [6, 6.07) is 15.3. The first-order valence-electron chi connectivity index (χ1n) is 9.81. The predicted octanol–water partition coefficient (Wildman–Crippen LogP) is 3.43. The number of aromatic nitrogens is 2. The number of nitrogens with two attached hydrogens (primary N) is 1. The van der Waals surface area contributed by atoms with Gasteiger partial charge in [-0.2, -0.15) is 0 Å². The number of hydrogen-bond donors (Lipinski definition) is 2. The van der Waals surface area contributed by atoms with Gasteiger partial charge in [0, 0.05) is 23.6 Å². The highest BCUT2D eigenvalue weighted by Gasteiger charge is 2.15. The Bertz CT molecular complexity index is 1390. The highest BCUT2D eigenvalue weighted by molar-refractivity contribution is 7.89. The van der Waals surface area contributed by atoms with E-state index in [-0.39, 0.29) is 11.5 Å². The van der Waals surface area contributed by atoms with Crippen LogP contribution < -0.4 is 15.2 Å². The zero-order chi connectivity index (χ0) is 22.9. The van der Waals surface area contributed by atoms with Gasteiger partial charge in [-0.15, -0.1) is 0 Å². The summed E-state index contributed by atoms with van der Waals surface area (Å²) >= 11 is 0. The average Bonchev–Trinajstić information content (AvgIpc) is 3.18. The van der Waals surface area contributed by atoms with Crippen LogP contribution in [-0.2, 0) is 16.6 Å². The minimum atomic E-state index is -3.89. The fraction of sp³-hybridized carbons (Fsp3) is 0.130. The lowest BCUT2D eigenvalue weighted by molar-refractivity contribution is 0.102. The number of benzene rings is 2. The molecule has 0 radical (unpaired) electrons. The van der Waals surface area contributed by atoms with Gasteiger partial charge < -0.3 is 14.5 Å². The Hall–Kier alpha value is -3.69. The Morgan fingerprint density at radius 3 is 2.69 bits per heavy atom. The molecule has 0 aliphatic rings. The number of nitrogens with zero attached hydrogens (tertiary/aromatic N) is 2. The van der Waals surface area contributed by atoms with Crippen LogP contribution in [0.1, 0.15) is 27.2 Å². The van der Waals surface area contributed by atoms with E-state index in [1.165, 1.54) is 12.1 Å². The van der Waals surface area contributed by atoms with Crippen LogP contribution in [0.4, 0.5) is 5.69 Å². The van der Waals surface area contributed by atoms with Gasteiger partial charge in [0.2, 0.25) is 10.0 Å². The molecule has 8 nitrogen and oxygen atoms in total. The molecule has 0 fully saturated rings. The molecule has 3 N–H and O–H groups in total. The lowest BCUT2D eigenvalue weighted by atomic mass is 10.1. The van der Waals surface area contributed by atoms with Crippen LogP contribution in [0.25, 0.3) is 5.65 Å². The molecule has 2 aromatic carbocycles. The quantitative estimate of drug-likeness (QED) is 0.467. The van der Waals surface area contributed by atoms with Crippen LogP contribution in [0.15, 0.2) is 71.9 Å². The number of primary sulfonamides is 1. The molecule has 0 spiro atoms. The molecule has 0 saturated heterocycles. The van der Waals surface area contributed by atoms with E-state index in [0.29, 0.717) is 22.6 Å². The van der Waals surface area contributed by atoms with Gasteiger partial charge in [-0.3, -0.25) is 4.79 Å². The number of amides is 1. The third kappa shape index (κ3) is 4.63. The van der Waals surface area contributed by atoms with Crippen LogP contribution in [0.3, 0.4) is 0 Å². The number of aryl methyl sites for hydroxylation is 1. The van der Waals surface area contributed by atoms with E-state index >= 15 is 0 Å². The molecule has 4 aromatic rings. The predicted molar refractivity (Wildman–Crippen MR) is 121 cm³/mol. The summed E-state index contributed by atoms with van der Waals surface area (Å²) in [5.74, 6) is 0.123. The van der Waals surface area contributed by atoms with Crippen molar-refractivity contribution in [2.24, 2.45) is 5.14 Å². The maximum atomic E-state index is 12.8. The van der Waals surface area contributed by atoms with Gasteiger partial charge in [0.05, 0.1) is 10.6 Å². The maximum Gasteiger partial charge on any atom is 0.255 e. The van der Waals surface area contributed by atoms with Crippen molar-refractivity contribution in [1.29, 1.82) is 0 Å². The molecule has 0 bridgehead atoms. The van der Waals surface area contributed by atoms with E-state index in [2.05, 4.69) is 10.3 Å². The number of sulfonamides is 1. The van der Waals surface area contributed by atoms with Gasteiger partial charge in [0.15, 0.2) is 0 Å². The third-order valence-corrected chi connectivity index (χ3v) is 6.01. The molecule has 0 saturated carbocycles. The van der Waals surface area contributed by atoms with E-state index in [1.54, 1.807) is 38.1 Å². The molecule has 0 aliphatic heterocycles. The number of ether oxygens (including phenoxy) is 1. The molecule has 0 unspecified atom stereocenters. The molecular weight excluding hydrogens is 428 g/mol. The van der Waals surface area contributed by atoms with Crippen molar-refractivity contribution in [2.75, 3.05) is 5.32 Å². The van der Waals surface area contributed by atoms with E-state index in [9.17, 15) is 13.2 Å². The normalized spacial score (nSPS) is 11.5. The molecule has 32 heavy (non-hydrogen) atoms. The van der Waals surface area contributed by atoms with Gasteiger partial charge in [0.1, 0.15) is 18.0 Å². The van der Waals surface area contributed by atoms with Crippen molar-refractivity contribution >= 4 is 27.3 Å². The molecule has 4 rings (SSSR count). The zero-order valence-corrected chi connectivity index (χ0v) is 18.4. The van der Waals surface area contributed by atoms with Crippen LogP contribution in [0.2, 0.25) is 0 Å². The van der Waals surface area contributed by atoms with Crippen molar-refractivity contribution in [2.45, 2.75) is 25.3 Å². The van der Waals surface area contributed by atoms with Crippen molar-refractivity contribution in [3.63, 3.8) is 0 Å². The number of carbonyl (C=O) groups excluding carboxylic acids is 1. The molecule has 2 heterocycles. The monoisotopic (exact) mass is 450 g/mol. The first kappa shape index (κ1) is 21.5. The molecular formula is C23H22N4O4S. The molecule has 1 amide bonds. The SMILES string of the molecule is Cc1cc(S(N)(=O)=O)cc(NC(=O)c2cccc(OCc3cn4ccccc4n3)c2)c1C. The van der Waals surface area contributed by atoms with E-state index in [4.69, 9.17) is 9.88 Å². The molecule has 9 heteroatoms. The molecule has 2 aromatic heterocycles. The first-order chi connectivity index (χ1) is 15.2. The molecule has 0 aliphatic carbocycles. The van der Waals surface area contributed by atoms with Crippen molar-refractivity contribution in [3.05, 3.63) is 89.4 Å². The molecule has 164 valence electrons. The summed E-state index contributed by atoms with van der Waals surface area (Å²) in [6.07, 6.45) is 3.79. The topological polar surface area (TPSA) is 116 Å². The second kappa shape index (κ2) is 8.45. The van der Waals surface area contributed by atoms with Gasteiger partial charge >= 0.3 is 0 Å². The zero-order valence-electron chi connectivity index (χ0n) is 17.6. The largest absolute Gasteiger partial charge is 0.487 e. The second-order valence-electron chi connectivity index (χ2n) is 7.43. The molecule has 0 atom stereocenters. The van der Waals surface area contributed by atoms with E-state index < -0.39 is 15.9 Å². The highest BCUT2D eigenvalue weighted by Crippen LogP contribution is 2.25. The van der Waals surface area contributed by atoms with E-state index in [0.717, 1.165) is 16.9 Å². The standard InChI is InChI=1S/C23H22N4O4S/c1-15-10-20(32(24,29)30)12-21(16(15)2)26-23(28)17-6-5-7-19(11-17)31-14-18-13-27-9-4-3-8-22(27)25-18/h3-13H,14H2,1-2H3,(H,26,28)(H2,24,29,30). The number of imidazole rings is 1. The Labute approximate surface area is 185 Å². The average molecular weight is 451 g/mol. The minimum Gasteiger partial charge on any atom is -0.487 e. The van der Waals surface area contributed by atoms with Crippen molar-refractivity contribution in [3.8, 4) is 5.75 Å². The third-order valence-electron chi connectivity index (χ3n) is 5.11. The Kier molecular flexibility index (Phi) is 5.68. The van der Waals surface area contributed by atoms with E-state index in [1.807, 2.05) is 35.0 Å². The summed E-state index contributed by atoms with van der Waals surface area (Å²) in [4.78, 5) is 17.3. The summed E-state index contributed by atoms with van der Waals surface area (Å²) in [5.41, 5.74) is 3.80. The maximum absolute atomic E-state index is 12.8. The van der Waals surface area contributed by atoms with Crippen LogP contribution in [0.5, 0.6) is 5.75 Å². The number of fused-ring (bicyclic) bond motifs is 1. The number of pyridine rings is 1. The Balaban J connectivity index is 1.50. The van der Waals surface area contributed by atoms with Crippen molar-refractivity contribution in [1.82, 2.24) is 9.38 Å². The number of nitrogens with one attached hydrogen (secondary N) is 1. The van der Waals surface area contributed by atoms with Gasteiger partial charge in [-0.25, -0.2) is 18.5 Å². The summed E-state index contributed by atoms with van der Waals surface area (Å²) < 4.78 is 31.2. The van der Waals surface area contributed by atoms with Crippen LogP contribution in [-0.4, -0.2) is 23.7 Å². The summed E-state index contributed by atoms with van der Waals surface area (Å²) in [5, 5.41) is 8.02. The van der Waals surface area contributed by atoms with Crippen LogP contribution >= 0.6 is 0 Å². The highest BCUT2D eigenvalue weighted by atomic mass is 32.2. The smallest absolute Gasteiger partial charge is 0.255 e. The fourth-order valence-corrected chi connectivity index (χ4v) is 3.88. The van der Waals surface area contributed by atoms with Crippen molar-refractivity contribution < 1.29 is 17.9 Å². The number of anilines is 1. The Morgan fingerprint density at radius 2 is 1.94 bits per heavy atom. The number of carbonyl (C=O) groups is 1. The fourth-order valence-electron chi connectivity index (χ4n) is 3.26. The number of hydrogen-bond acceptors (Lipinski definition) is 5. The lowest BCUT2D eigenvalue weighted by Gasteiger charge is -2.13. The first-order valence-corrected chi connectivity index (χ1v) is 11.4. The Morgan fingerprint density at radius 1 is 1.12 bits per heavy atom. The summed E-state index contributed by atoms with van der Waals surface area (Å²) in [7, 11) is -3.89. The lowest BCUT2D eigenvalue weighted by Crippen LogP contribution is -2.16. The van der Waals surface area contributed by atoms with Crippen LogP contribution in [0, 0.1) is 13.8 Å². The second-order valence-corrected chi connectivity index (χ2v) is 8.99. The minimum absolute atomic E-state index is 0.0551. The van der Waals surface area contributed by atoms with Gasteiger partial charge in [0.25, 0.3) is 5.91 Å².